The zero-order valence-electron chi connectivity index (χ0n) is 22.1. The third kappa shape index (κ3) is 5.81. The van der Waals surface area contributed by atoms with Crippen LogP contribution in [0.4, 0.5) is 4.39 Å². The van der Waals surface area contributed by atoms with Crippen LogP contribution in [0, 0.1) is 11.7 Å². The first-order chi connectivity index (χ1) is 18.7. The molecule has 2 aromatic carbocycles. The molecule has 0 aromatic heterocycles. The van der Waals surface area contributed by atoms with E-state index in [-0.39, 0.29) is 49.3 Å². The van der Waals surface area contributed by atoms with E-state index in [2.05, 4.69) is 5.32 Å². The molecule has 2 aliphatic rings. The predicted molar refractivity (Wildman–Crippen MR) is 140 cm³/mol. The number of methoxy groups -OCH3 is 1. The molecule has 208 valence electrons. The van der Waals surface area contributed by atoms with Gasteiger partial charge in [-0.25, -0.2) is 4.39 Å². The molecule has 1 heterocycles. The van der Waals surface area contributed by atoms with Crippen molar-refractivity contribution in [2.75, 3.05) is 20.3 Å². The Morgan fingerprint density at radius 3 is 2.56 bits per heavy atom. The summed E-state index contributed by atoms with van der Waals surface area (Å²) in [5.74, 6) is -1.31. The minimum atomic E-state index is -1.25. The van der Waals surface area contributed by atoms with Gasteiger partial charge in [-0.1, -0.05) is 26.0 Å². The van der Waals surface area contributed by atoms with Crippen LogP contribution in [0.2, 0.25) is 0 Å². The smallest absolute Gasteiger partial charge is 0.247 e. The highest BCUT2D eigenvalue weighted by Gasteiger charge is 2.51. The number of carbonyl (C=O) groups is 3. The highest BCUT2D eigenvalue weighted by Crippen LogP contribution is 2.51. The fourth-order valence-corrected chi connectivity index (χ4v) is 5.17. The third-order valence-corrected chi connectivity index (χ3v) is 6.94. The second-order valence-corrected chi connectivity index (χ2v) is 10.1. The van der Waals surface area contributed by atoms with Crippen molar-refractivity contribution in [2.24, 2.45) is 5.92 Å². The van der Waals surface area contributed by atoms with Gasteiger partial charge in [0.05, 0.1) is 25.7 Å². The summed E-state index contributed by atoms with van der Waals surface area (Å²) in [6.07, 6.45) is 0.179. The van der Waals surface area contributed by atoms with Gasteiger partial charge in [-0.3, -0.25) is 14.4 Å². The molecular formula is C29H33FN2O7. The number of rotatable bonds is 10. The van der Waals surface area contributed by atoms with Crippen molar-refractivity contribution >= 4 is 18.1 Å². The number of nitrogens with one attached hydrogen (secondary N) is 1. The van der Waals surface area contributed by atoms with E-state index in [1.165, 1.54) is 30.2 Å². The molecule has 2 aromatic rings. The first-order valence-corrected chi connectivity index (χ1v) is 12.8. The number of aldehydes is 1. The van der Waals surface area contributed by atoms with E-state index in [1.807, 2.05) is 13.8 Å². The van der Waals surface area contributed by atoms with E-state index in [0.717, 1.165) is 0 Å². The maximum atomic E-state index is 13.6. The summed E-state index contributed by atoms with van der Waals surface area (Å²) in [5, 5.41) is 23.6. The molecule has 4 unspecified atom stereocenters. The van der Waals surface area contributed by atoms with E-state index in [4.69, 9.17) is 9.47 Å². The Morgan fingerprint density at radius 1 is 1.23 bits per heavy atom. The first-order valence-electron chi connectivity index (χ1n) is 12.8. The van der Waals surface area contributed by atoms with Crippen molar-refractivity contribution in [1.82, 2.24) is 10.2 Å². The predicted octanol–water partition coefficient (Wildman–Crippen LogP) is 2.34. The van der Waals surface area contributed by atoms with Gasteiger partial charge in [0, 0.05) is 36.2 Å². The van der Waals surface area contributed by atoms with Crippen molar-refractivity contribution in [3.05, 3.63) is 70.6 Å². The lowest BCUT2D eigenvalue weighted by atomic mass is 9.77. The standard InChI is InChI=1S/C29H33FN2O7/c1-16(2)10-24(35)32(14-17-4-6-19(30)7-5-17)22-13-21(29(37)31-8-9-33)25-20-11-18(15-34)12-23(38-3)27(20)39-28(25)26(22)36/h4-7,11-13,15-16,22,25-26,28,33,36H,8-10,14H2,1-3H3,(H,31,37). The highest BCUT2D eigenvalue weighted by molar-refractivity contribution is 5.96. The average Bonchev–Trinajstić information content (AvgIpc) is 3.31. The van der Waals surface area contributed by atoms with E-state index in [1.54, 1.807) is 24.3 Å². The molecule has 0 saturated heterocycles. The second kappa shape index (κ2) is 12.0. The Hall–Kier alpha value is -3.76. The second-order valence-electron chi connectivity index (χ2n) is 10.1. The lowest BCUT2D eigenvalue weighted by Crippen LogP contribution is -2.55. The van der Waals surface area contributed by atoms with Crippen LogP contribution in [0.5, 0.6) is 11.5 Å². The van der Waals surface area contributed by atoms with Crippen molar-refractivity contribution in [3.8, 4) is 11.5 Å². The molecule has 10 heteroatoms. The van der Waals surface area contributed by atoms with Crippen molar-refractivity contribution in [1.29, 1.82) is 0 Å². The van der Waals surface area contributed by atoms with E-state index < -0.39 is 35.9 Å². The van der Waals surface area contributed by atoms with Crippen LogP contribution in [0.25, 0.3) is 0 Å². The summed E-state index contributed by atoms with van der Waals surface area (Å²) in [4.78, 5) is 40.0. The number of carbonyl (C=O) groups excluding carboxylic acids is 3. The Morgan fingerprint density at radius 2 is 1.95 bits per heavy atom. The number of nitrogens with zero attached hydrogens (tertiary/aromatic N) is 1. The summed E-state index contributed by atoms with van der Waals surface area (Å²) in [6, 6.07) is 7.87. The SMILES string of the molecule is COc1cc(C=O)cc2c1OC1C2C(C(=O)NCCO)=CC(N(Cc2ccc(F)cc2)C(=O)CC(C)C)C1O. The maximum Gasteiger partial charge on any atom is 0.247 e. The summed E-state index contributed by atoms with van der Waals surface area (Å²) in [6.45, 7) is 3.59. The summed E-state index contributed by atoms with van der Waals surface area (Å²) in [7, 11) is 1.43. The summed E-state index contributed by atoms with van der Waals surface area (Å²) < 4.78 is 25.2. The number of amides is 2. The number of aliphatic hydroxyl groups excluding tert-OH is 2. The number of hydrogen-bond donors (Lipinski definition) is 3. The monoisotopic (exact) mass is 540 g/mol. The van der Waals surface area contributed by atoms with Crippen LogP contribution < -0.4 is 14.8 Å². The fraction of sp³-hybridized carbons (Fsp3) is 0.414. The molecule has 4 atom stereocenters. The number of fused-ring (bicyclic) bond motifs is 3. The Balaban J connectivity index is 1.82. The summed E-state index contributed by atoms with van der Waals surface area (Å²) in [5.41, 5.74) is 1.69. The topological polar surface area (TPSA) is 125 Å². The highest BCUT2D eigenvalue weighted by atomic mass is 19.1. The van der Waals surface area contributed by atoms with Crippen LogP contribution in [0.1, 0.15) is 47.7 Å². The van der Waals surface area contributed by atoms with Crippen LogP contribution in [-0.4, -0.2) is 71.7 Å². The van der Waals surface area contributed by atoms with Crippen LogP contribution >= 0.6 is 0 Å². The Kier molecular flexibility index (Phi) is 8.66. The van der Waals surface area contributed by atoms with Gasteiger partial charge in [0.15, 0.2) is 11.5 Å². The van der Waals surface area contributed by atoms with Gasteiger partial charge in [-0.15, -0.1) is 0 Å². The molecule has 2 amide bonds. The normalized spacial score (nSPS) is 21.4. The van der Waals surface area contributed by atoms with Gasteiger partial charge < -0.3 is 29.9 Å². The molecule has 9 nitrogen and oxygen atoms in total. The quantitative estimate of drug-likeness (QED) is 0.395. The molecule has 1 aliphatic carbocycles. The lowest BCUT2D eigenvalue weighted by Gasteiger charge is -2.41. The average molecular weight is 541 g/mol. The minimum absolute atomic E-state index is 0.00222. The number of benzene rings is 2. The molecule has 0 spiro atoms. The van der Waals surface area contributed by atoms with Crippen molar-refractivity contribution < 1.29 is 38.5 Å². The van der Waals surface area contributed by atoms with Gasteiger partial charge in [-0.2, -0.15) is 0 Å². The van der Waals surface area contributed by atoms with Crippen molar-refractivity contribution in [3.63, 3.8) is 0 Å². The van der Waals surface area contributed by atoms with Crippen LogP contribution in [0.3, 0.4) is 0 Å². The van der Waals surface area contributed by atoms with Gasteiger partial charge in [0.1, 0.15) is 24.3 Å². The lowest BCUT2D eigenvalue weighted by molar-refractivity contribution is -0.138. The maximum absolute atomic E-state index is 13.6. The number of hydrogen-bond acceptors (Lipinski definition) is 7. The zero-order chi connectivity index (χ0) is 28.3. The van der Waals surface area contributed by atoms with Crippen LogP contribution in [-0.2, 0) is 16.1 Å². The molecular weight excluding hydrogens is 507 g/mol. The molecule has 1 aliphatic heterocycles. The number of aliphatic hydroxyl groups is 2. The molecule has 0 saturated carbocycles. The molecule has 0 fully saturated rings. The van der Waals surface area contributed by atoms with E-state index in [0.29, 0.717) is 28.7 Å². The van der Waals surface area contributed by atoms with Crippen LogP contribution in [0.15, 0.2) is 48.0 Å². The molecule has 0 bridgehead atoms. The Bertz CT molecular complexity index is 1260. The largest absolute Gasteiger partial charge is 0.493 e. The third-order valence-electron chi connectivity index (χ3n) is 6.94. The summed E-state index contributed by atoms with van der Waals surface area (Å²) >= 11 is 0. The Labute approximate surface area is 226 Å². The van der Waals surface area contributed by atoms with Gasteiger partial charge in [0.25, 0.3) is 0 Å². The number of halogens is 1. The fourth-order valence-electron chi connectivity index (χ4n) is 5.17. The minimum Gasteiger partial charge on any atom is -0.493 e. The van der Waals surface area contributed by atoms with E-state index in [9.17, 15) is 29.0 Å². The van der Waals surface area contributed by atoms with Gasteiger partial charge in [-0.05, 0) is 41.8 Å². The molecule has 0 radical (unpaired) electrons. The van der Waals surface area contributed by atoms with E-state index >= 15 is 0 Å². The molecule has 39 heavy (non-hydrogen) atoms. The van der Waals surface area contributed by atoms with Gasteiger partial charge in [0.2, 0.25) is 11.8 Å². The van der Waals surface area contributed by atoms with Crippen molar-refractivity contribution in [2.45, 2.75) is 51.0 Å². The molecule has 4 rings (SSSR count). The first kappa shape index (κ1) is 28.3. The molecule has 3 N–H and O–H groups in total. The zero-order valence-corrected chi connectivity index (χ0v) is 22.1. The number of ether oxygens (including phenoxy) is 2. The van der Waals surface area contributed by atoms with Gasteiger partial charge >= 0.3 is 0 Å².